The SMILES string of the molecule is CCOc1ccc(CC(=O)N(Cc2ccc(C(=O)NC3CC3)cc2)C2CC2)cc1. The minimum Gasteiger partial charge on any atom is -0.494 e. The van der Waals surface area contributed by atoms with Gasteiger partial charge in [-0.3, -0.25) is 9.59 Å². The number of nitrogens with one attached hydrogen (secondary N) is 1. The van der Waals surface area contributed by atoms with Gasteiger partial charge in [0.25, 0.3) is 5.91 Å². The Morgan fingerprint density at radius 1 is 0.966 bits per heavy atom. The van der Waals surface area contributed by atoms with Crippen LogP contribution in [-0.2, 0) is 17.8 Å². The first-order valence-corrected chi connectivity index (χ1v) is 10.5. The molecule has 2 saturated carbocycles. The summed E-state index contributed by atoms with van der Waals surface area (Å²) in [7, 11) is 0. The molecule has 4 rings (SSSR count). The Labute approximate surface area is 172 Å². The molecule has 2 amide bonds. The largest absolute Gasteiger partial charge is 0.494 e. The fourth-order valence-corrected chi connectivity index (χ4v) is 3.41. The first kappa shape index (κ1) is 19.5. The van der Waals surface area contributed by atoms with Crippen molar-refractivity contribution >= 4 is 11.8 Å². The molecule has 0 bridgehead atoms. The topological polar surface area (TPSA) is 58.6 Å². The Hall–Kier alpha value is -2.82. The van der Waals surface area contributed by atoms with Gasteiger partial charge in [-0.15, -0.1) is 0 Å². The number of benzene rings is 2. The van der Waals surface area contributed by atoms with Crippen molar-refractivity contribution in [3.63, 3.8) is 0 Å². The second-order valence-corrected chi connectivity index (χ2v) is 7.95. The van der Waals surface area contributed by atoms with Gasteiger partial charge in [0, 0.05) is 24.2 Å². The summed E-state index contributed by atoms with van der Waals surface area (Å²) in [6.07, 6.45) is 4.69. The zero-order valence-electron chi connectivity index (χ0n) is 16.9. The Morgan fingerprint density at radius 3 is 2.21 bits per heavy atom. The molecule has 2 aromatic carbocycles. The third-order valence-corrected chi connectivity index (χ3v) is 5.38. The van der Waals surface area contributed by atoms with Gasteiger partial charge in [0.15, 0.2) is 0 Å². The lowest BCUT2D eigenvalue weighted by Crippen LogP contribution is -2.33. The van der Waals surface area contributed by atoms with Crippen LogP contribution in [0.4, 0.5) is 0 Å². The van der Waals surface area contributed by atoms with Crippen molar-refractivity contribution in [1.82, 2.24) is 10.2 Å². The lowest BCUT2D eigenvalue weighted by molar-refractivity contribution is -0.131. The monoisotopic (exact) mass is 392 g/mol. The molecule has 1 N–H and O–H groups in total. The summed E-state index contributed by atoms with van der Waals surface area (Å²) in [6, 6.07) is 16.1. The first-order chi connectivity index (χ1) is 14.1. The molecule has 0 unspecified atom stereocenters. The molecule has 5 nitrogen and oxygen atoms in total. The lowest BCUT2D eigenvalue weighted by Gasteiger charge is -2.23. The van der Waals surface area contributed by atoms with E-state index in [4.69, 9.17) is 4.74 Å². The van der Waals surface area contributed by atoms with Crippen LogP contribution in [0.25, 0.3) is 0 Å². The summed E-state index contributed by atoms with van der Waals surface area (Å²) < 4.78 is 5.47. The van der Waals surface area contributed by atoms with E-state index in [1.165, 1.54) is 0 Å². The van der Waals surface area contributed by atoms with Crippen LogP contribution in [-0.4, -0.2) is 35.4 Å². The van der Waals surface area contributed by atoms with Gasteiger partial charge in [-0.2, -0.15) is 0 Å². The lowest BCUT2D eigenvalue weighted by atomic mass is 10.1. The second kappa shape index (κ2) is 8.68. The predicted molar refractivity (Wildman–Crippen MR) is 112 cm³/mol. The minimum absolute atomic E-state index is 0.00956. The molecule has 0 heterocycles. The van der Waals surface area contributed by atoms with E-state index in [9.17, 15) is 9.59 Å². The third-order valence-electron chi connectivity index (χ3n) is 5.38. The maximum Gasteiger partial charge on any atom is 0.251 e. The van der Waals surface area contributed by atoms with Crippen molar-refractivity contribution in [1.29, 1.82) is 0 Å². The van der Waals surface area contributed by atoms with Crippen LogP contribution in [0.15, 0.2) is 48.5 Å². The molecule has 29 heavy (non-hydrogen) atoms. The summed E-state index contributed by atoms with van der Waals surface area (Å²) in [4.78, 5) is 27.1. The molecule has 2 aliphatic carbocycles. The summed E-state index contributed by atoms with van der Waals surface area (Å²) in [5, 5.41) is 3.00. The van der Waals surface area contributed by atoms with Crippen LogP contribution in [0, 0.1) is 0 Å². The molecule has 0 saturated heterocycles. The number of carbonyl (C=O) groups excluding carboxylic acids is 2. The summed E-state index contributed by atoms with van der Waals surface area (Å²) in [5.74, 6) is 0.963. The van der Waals surface area contributed by atoms with E-state index in [0.717, 1.165) is 42.6 Å². The average molecular weight is 392 g/mol. The molecule has 2 aromatic rings. The normalized spacial score (nSPS) is 15.6. The fourth-order valence-electron chi connectivity index (χ4n) is 3.41. The number of amides is 2. The highest BCUT2D eigenvalue weighted by Gasteiger charge is 2.32. The van der Waals surface area contributed by atoms with E-state index in [1.807, 2.05) is 60.4 Å². The van der Waals surface area contributed by atoms with Crippen molar-refractivity contribution in [2.75, 3.05) is 6.61 Å². The van der Waals surface area contributed by atoms with Gasteiger partial charge in [-0.25, -0.2) is 0 Å². The Bertz CT molecular complexity index is 853. The van der Waals surface area contributed by atoms with Crippen molar-refractivity contribution in [2.24, 2.45) is 0 Å². The standard InChI is InChI=1S/C24H28N2O3/c1-2-29-22-13-5-17(6-14-22)15-23(27)26(21-11-12-21)16-18-3-7-19(8-4-18)24(28)25-20-9-10-20/h3-8,13-14,20-21H,2,9-12,15-16H2,1H3,(H,25,28). The van der Waals surface area contributed by atoms with Gasteiger partial charge in [0.05, 0.1) is 13.0 Å². The van der Waals surface area contributed by atoms with Gasteiger partial charge in [0.1, 0.15) is 5.75 Å². The number of nitrogens with zero attached hydrogens (tertiary/aromatic N) is 1. The minimum atomic E-state index is -0.00956. The van der Waals surface area contributed by atoms with Crippen LogP contribution < -0.4 is 10.1 Å². The summed E-state index contributed by atoms with van der Waals surface area (Å²) in [6.45, 7) is 3.18. The van der Waals surface area contributed by atoms with E-state index in [1.54, 1.807) is 0 Å². The van der Waals surface area contributed by atoms with Crippen molar-refractivity contribution < 1.29 is 14.3 Å². The molecule has 152 valence electrons. The van der Waals surface area contributed by atoms with Gasteiger partial charge < -0.3 is 15.0 Å². The first-order valence-electron chi connectivity index (χ1n) is 10.5. The molecule has 0 spiro atoms. The summed E-state index contributed by atoms with van der Waals surface area (Å²) in [5.41, 5.74) is 2.73. The van der Waals surface area contributed by atoms with E-state index < -0.39 is 0 Å². The molecule has 5 heteroatoms. The molecular weight excluding hydrogens is 364 g/mol. The van der Waals surface area contributed by atoms with Crippen LogP contribution in [0.5, 0.6) is 5.75 Å². The van der Waals surface area contributed by atoms with E-state index in [-0.39, 0.29) is 11.8 Å². The second-order valence-electron chi connectivity index (χ2n) is 7.95. The third kappa shape index (κ3) is 5.37. The maximum absolute atomic E-state index is 12.9. The number of rotatable bonds is 9. The maximum atomic E-state index is 12.9. The number of ether oxygens (including phenoxy) is 1. The van der Waals surface area contributed by atoms with Crippen LogP contribution in [0.2, 0.25) is 0 Å². The van der Waals surface area contributed by atoms with Crippen molar-refractivity contribution in [3.8, 4) is 5.75 Å². The number of hydrogen-bond acceptors (Lipinski definition) is 3. The Kier molecular flexibility index (Phi) is 5.84. The zero-order valence-corrected chi connectivity index (χ0v) is 16.9. The van der Waals surface area contributed by atoms with Crippen LogP contribution in [0.1, 0.15) is 54.1 Å². The number of carbonyl (C=O) groups is 2. The number of hydrogen-bond donors (Lipinski definition) is 1. The van der Waals surface area contributed by atoms with Gasteiger partial charge in [-0.1, -0.05) is 24.3 Å². The Balaban J connectivity index is 1.37. The van der Waals surface area contributed by atoms with E-state index >= 15 is 0 Å². The molecule has 2 aliphatic rings. The predicted octanol–water partition coefficient (Wildman–Crippen LogP) is 3.71. The molecule has 0 aromatic heterocycles. The smallest absolute Gasteiger partial charge is 0.251 e. The molecule has 0 aliphatic heterocycles. The summed E-state index contributed by atoms with van der Waals surface area (Å²) >= 11 is 0. The fraction of sp³-hybridized carbons (Fsp3) is 0.417. The van der Waals surface area contributed by atoms with Gasteiger partial charge in [-0.05, 0) is 68.0 Å². The Morgan fingerprint density at radius 2 is 1.62 bits per heavy atom. The van der Waals surface area contributed by atoms with E-state index in [2.05, 4.69) is 5.32 Å². The van der Waals surface area contributed by atoms with Crippen molar-refractivity contribution in [3.05, 3.63) is 65.2 Å². The highest BCUT2D eigenvalue weighted by Crippen LogP contribution is 2.29. The molecule has 0 radical (unpaired) electrons. The highest BCUT2D eigenvalue weighted by atomic mass is 16.5. The molecular formula is C24H28N2O3. The van der Waals surface area contributed by atoms with Crippen molar-refractivity contribution in [2.45, 2.75) is 57.7 Å². The quantitative estimate of drug-likeness (QED) is 0.708. The van der Waals surface area contributed by atoms with Gasteiger partial charge in [0.2, 0.25) is 5.91 Å². The molecule has 2 fully saturated rings. The van der Waals surface area contributed by atoms with Crippen LogP contribution in [0.3, 0.4) is 0 Å². The molecule has 0 atom stereocenters. The highest BCUT2D eigenvalue weighted by molar-refractivity contribution is 5.94. The van der Waals surface area contributed by atoms with Crippen LogP contribution >= 0.6 is 0 Å². The zero-order chi connectivity index (χ0) is 20.2. The van der Waals surface area contributed by atoms with E-state index in [0.29, 0.717) is 37.2 Å². The average Bonchev–Trinajstić information content (AvgIpc) is 3.63. The van der Waals surface area contributed by atoms with Gasteiger partial charge >= 0.3 is 0 Å².